The van der Waals surface area contributed by atoms with Gasteiger partial charge in [0.15, 0.2) is 0 Å². The molecule has 0 radical (unpaired) electrons. The van der Waals surface area contributed by atoms with Crippen LogP contribution in [0.1, 0.15) is 17.3 Å². The molecule has 0 aliphatic heterocycles. The highest BCUT2D eigenvalue weighted by molar-refractivity contribution is 5.91. The first-order valence-electron chi connectivity index (χ1n) is 10.5. The van der Waals surface area contributed by atoms with Crippen molar-refractivity contribution in [1.82, 2.24) is 0 Å². The molecular formula is C25H30O7. The molecule has 0 unspecified atom stereocenters. The number of hydrogen-bond donors (Lipinski definition) is 0. The number of carbonyl (C=O) groups is 2. The molecule has 0 aromatic heterocycles. The Morgan fingerprint density at radius 2 is 1.22 bits per heavy atom. The SMILES string of the molecule is C=C(C)C(=O)OCCOCCOCCOCCOC(=O)c1cccc(-c2ccccc2)c1. The van der Waals surface area contributed by atoms with Gasteiger partial charge in [0.05, 0.1) is 45.2 Å². The van der Waals surface area contributed by atoms with Crippen LogP contribution in [0.3, 0.4) is 0 Å². The standard InChI is InChI=1S/C25H30O7/c1-20(2)24(26)31-17-15-29-13-11-28-12-14-30-16-18-32-25(27)23-10-6-9-22(19-23)21-7-4-3-5-8-21/h3-10,19H,1,11-18H2,2H3. The molecule has 2 rings (SSSR count). The fourth-order valence-corrected chi connectivity index (χ4v) is 2.59. The van der Waals surface area contributed by atoms with Gasteiger partial charge in [-0.05, 0) is 30.2 Å². The van der Waals surface area contributed by atoms with E-state index >= 15 is 0 Å². The third-order valence-electron chi connectivity index (χ3n) is 4.22. The van der Waals surface area contributed by atoms with Crippen LogP contribution >= 0.6 is 0 Å². The van der Waals surface area contributed by atoms with Crippen molar-refractivity contribution in [2.24, 2.45) is 0 Å². The lowest BCUT2D eigenvalue weighted by Gasteiger charge is -2.09. The minimum atomic E-state index is -0.423. The Labute approximate surface area is 188 Å². The highest BCUT2D eigenvalue weighted by Crippen LogP contribution is 2.20. The van der Waals surface area contributed by atoms with Gasteiger partial charge in [0, 0.05) is 5.57 Å². The van der Waals surface area contributed by atoms with E-state index in [2.05, 4.69) is 6.58 Å². The lowest BCUT2D eigenvalue weighted by Crippen LogP contribution is -2.15. The van der Waals surface area contributed by atoms with Gasteiger partial charge in [-0.2, -0.15) is 0 Å². The molecule has 0 N–H and O–H groups in total. The second-order valence-electron chi connectivity index (χ2n) is 6.84. The smallest absolute Gasteiger partial charge is 0.338 e. The van der Waals surface area contributed by atoms with Gasteiger partial charge < -0.3 is 23.7 Å². The van der Waals surface area contributed by atoms with Crippen LogP contribution in [-0.2, 0) is 28.5 Å². The maximum Gasteiger partial charge on any atom is 0.338 e. The van der Waals surface area contributed by atoms with E-state index in [1.165, 1.54) is 0 Å². The second-order valence-corrected chi connectivity index (χ2v) is 6.84. The summed E-state index contributed by atoms with van der Waals surface area (Å²) in [6.45, 7) is 7.62. The summed E-state index contributed by atoms with van der Waals surface area (Å²) in [5.41, 5.74) is 2.87. The fourth-order valence-electron chi connectivity index (χ4n) is 2.59. The van der Waals surface area contributed by atoms with Crippen molar-refractivity contribution >= 4 is 11.9 Å². The molecule has 0 aliphatic carbocycles. The van der Waals surface area contributed by atoms with Crippen molar-refractivity contribution in [2.75, 3.05) is 52.9 Å². The molecule has 0 saturated heterocycles. The topological polar surface area (TPSA) is 80.3 Å². The van der Waals surface area contributed by atoms with Crippen molar-refractivity contribution in [3.05, 3.63) is 72.3 Å². The summed E-state index contributed by atoms with van der Waals surface area (Å²) in [5.74, 6) is -0.804. The lowest BCUT2D eigenvalue weighted by atomic mass is 10.0. The maximum atomic E-state index is 12.2. The molecule has 0 saturated carbocycles. The normalized spacial score (nSPS) is 10.5. The Bertz CT molecular complexity index is 848. The molecule has 32 heavy (non-hydrogen) atoms. The van der Waals surface area contributed by atoms with E-state index in [9.17, 15) is 9.59 Å². The minimum absolute atomic E-state index is 0.167. The molecule has 0 aliphatic rings. The first-order chi connectivity index (χ1) is 15.6. The molecule has 2 aromatic carbocycles. The second kappa shape index (κ2) is 14.9. The van der Waals surface area contributed by atoms with Crippen molar-refractivity contribution in [3.8, 4) is 11.1 Å². The van der Waals surface area contributed by atoms with Crippen LogP contribution in [0.2, 0.25) is 0 Å². The Balaban J connectivity index is 1.47. The molecule has 2 aromatic rings. The lowest BCUT2D eigenvalue weighted by molar-refractivity contribution is -0.140. The average Bonchev–Trinajstić information content (AvgIpc) is 2.82. The molecule has 0 amide bonds. The zero-order valence-corrected chi connectivity index (χ0v) is 18.4. The number of ether oxygens (including phenoxy) is 5. The summed E-state index contributed by atoms with van der Waals surface area (Å²) in [6.07, 6.45) is 0. The monoisotopic (exact) mass is 442 g/mol. The van der Waals surface area contributed by atoms with Gasteiger partial charge in [0.25, 0.3) is 0 Å². The molecule has 0 bridgehead atoms. The highest BCUT2D eigenvalue weighted by Gasteiger charge is 2.08. The quantitative estimate of drug-likeness (QED) is 0.236. The van der Waals surface area contributed by atoms with E-state index in [1.807, 2.05) is 48.5 Å². The van der Waals surface area contributed by atoms with Gasteiger partial charge in [-0.15, -0.1) is 0 Å². The summed E-state index contributed by atoms with van der Waals surface area (Å²) in [7, 11) is 0. The van der Waals surface area contributed by atoms with Gasteiger partial charge >= 0.3 is 11.9 Å². The third kappa shape index (κ3) is 9.87. The number of benzene rings is 2. The number of carbonyl (C=O) groups excluding carboxylic acids is 2. The van der Waals surface area contributed by atoms with E-state index in [0.29, 0.717) is 44.2 Å². The van der Waals surface area contributed by atoms with Crippen LogP contribution in [-0.4, -0.2) is 64.8 Å². The zero-order chi connectivity index (χ0) is 23.0. The molecular weight excluding hydrogens is 412 g/mol. The van der Waals surface area contributed by atoms with Crippen LogP contribution in [0.4, 0.5) is 0 Å². The predicted molar refractivity (Wildman–Crippen MR) is 120 cm³/mol. The van der Waals surface area contributed by atoms with Crippen LogP contribution in [0.25, 0.3) is 11.1 Å². The van der Waals surface area contributed by atoms with Gasteiger partial charge in [-0.1, -0.05) is 49.0 Å². The van der Waals surface area contributed by atoms with Crippen LogP contribution in [0, 0.1) is 0 Å². The molecule has 0 atom stereocenters. The van der Waals surface area contributed by atoms with E-state index in [-0.39, 0.29) is 25.8 Å². The molecule has 7 heteroatoms. The summed E-state index contributed by atoms with van der Waals surface area (Å²) >= 11 is 0. The maximum absolute atomic E-state index is 12.2. The van der Waals surface area contributed by atoms with Crippen LogP contribution in [0.15, 0.2) is 66.7 Å². The van der Waals surface area contributed by atoms with E-state index in [1.54, 1.807) is 13.0 Å². The summed E-state index contributed by atoms with van der Waals surface area (Å²) in [5, 5.41) is 0. The zero-order valence-electron chi connectivity index (χ0n) is 18.4. The minimum Gasteiger partial charge on any atom is -0.460 e. The first-order valence-corrected chi connectivity index (χ1v) is 10.5. The fraction of sp³-hybridized carbons (Fsp3) is 0.360. The number of hydrogen-bond acceptors (Lipinski definition) is 7. The van der Waals surface area contributed by atoms with Crippen molar-refractivity contribution < 1.29 is 33.3 Å². The third-order valence-corrected chi connectivity index (χ3v) is 4.22. The van der Waals surface area contributed by atoms with Crippen LogP contribution < -0.4 is 0 Å². The van der Waals surface area contributed by atoms with E-state index < -0.39 is 5.97 Å². The summed E-state index contributed by atoms with van der Waals surface area (Å²) in [4.78, 5) is 23.4. The molecule has 0 spiro atoms. The summed E-state index contributed by atoms with van der Waals surface area (Å²) in [6, 6.07) is 17.2. The summed E-state index contributed by atoms with van der Waals surface area (Å²) < 4.78 is 26.2. The number of esters is 2. The van der Waals surface area contributed by atoms with Gasteiger partial charge in [0.1, 0.15) is 13.2 Å². The highest BCUT2D eigenvalue weighted by atomic mass is 16.6. The Hall–Kier alpha value is -3.00. The van der Waals surface area contributed by atoms with Crippen LogP contribution in [0.5, 0.6) is 0 Å². The Kier molecular flexibility index (Phi) is 11.8. The first kappa shape index (κ1) is 25.3. The average molecular weight is 443 g/mol. The van der Waals surface area contributed by atoms with Crippen molar-refractivity contribution in [2.45, 2.75) is 6.92 Å². The Morgan fingerprint density at radius 3 is 1.81 bits per heavy atom. The molecule has 7 nitrogen and oxygen atoms in total. The molecule has 0 fully saturated rings. The van der Waals surface area contributed by atoms with Gasteiger partial charge in [-0.25, -0.2) is 9.59 Å². The molecule has 172 valence electrons. The van der Waals surface area contributed by atoms with Crippen molar-refractivity contribution in [1.29, 1.82) is 0 Å². The van der Waals surface area contributed by atoms with Crippen molar-refractivity contribution in [3.63, 3.8) is 0 Å². The van der Waals surface area contributed by atoms with Gasteiger partial charge in [0.2, 0.25) is 0 Å². The van der Waals surface area contributed by atoms with E-state index in [0.717, 1.165) is 11.1 Å². The number of rotatable bonds is 15. The van der Waals surface area contributed by atoms with Gasteiger partial charge in [-0.3, -0.25) is 0 Å². The Morgan fingerprint density at radius 1 is 0.688 bits per heavy atom. The van der Waals surface area contributed by atoms with E-state index in [4.69, 9.17) is 23.7 Å². The predicted octanol–water partition coefficient (Wildman–Crippen LogP) is 3.68. The largest absolute Gasteiger partial charge is 0.460 e. The molecule has 0 heterocycles.